The van der Waals surface area contributed by atoms with Crippen molar-refractivity contribution < 1.29 is 34.6 Å². The third-order valence-electron chi connectivity index (χ3n) is 5.91. The van der Waals surface area contributed by atoms with E-state index in [0.717, 1.165) is 27.8 Å². The van der Waals surface area contributed by atoms with E-state index in [1.165, 1.54) is 0 Å². The summed E-state index contributed by atoms with van der Waals surface area (Å²) in [5.41, 5.74) is 2.89. The van der Waals surface area contributed by atoms with Crippen molar-refractivity contribution in [2.75, 3.05) is 13.7 Å². The van der Waals surface area contributed by atoms with Crippen molar-refractivity contribution in [3.63, 3.8) is 0 Å². The molecule has 1 aromatic heterocycles. The molecule has 1 fully saturated rings. The van der Waals surface area contributed by atoms with Crippen LogP contribution in [0.5, 0.6) is 11.6 Å². The molecule has 5 atom stereocenters. The topological polar surface area (TPSA) is 126 Å². The SMILES string of the molecule is COc1ccc(Cc2cccc3c2c(O[C@@H]2O[C@H](CO)[C@@H](O)[C@H](O)[C@H]2O)nn3C(C)C)cc1. The minimum atomic E-state index is -1.53. The Balaban J connectivity index is 1.72. The van der Waals surface area contributed by atoms with E-state index in [1.54, 1.807) is 7.11 Å². The summed E-state index contributed by atoms with van der Waals surface area (Å²) < 4.78 is 18.6. The minimum Gasteiger partial charge on any atom is -0.497 e. The molecule has 9 heteroatoms. The Labute approximate surface area is 191 Å². The molecule has 4 N–H and O–H groups in total. The maximum atomic E-state index is 10.4. The van der Waals surface area contributed by atoms with Gasteiger partial charge in [-0.2, -0.15) is 0 Å². The number of hydrogen-bond acceptors (Lipinski definition) is 8. The van der Waals surface area contributed by atoms with E-state index in [4.69, 9.17) is 14.2 Å². The summed E-state index contributed by atoms with van der Waals surface area (Å²) in [6, 6.07) is 13.7. The molecule has 4 rings (SSSR count). The van der Waals surface area contributed by atoms with Crippen molar-refractivity contribution in [1.82, 2.24) is 9.78 Å². The van der Waals surface area contributed by atoms with Gasteiger partial charge in [-0.1, -0.05) is 24.3 Å². The summed E-state index contributed by atoms with van der Waals surface area (Å²) in [5.74, 6) is 1.02. The molecular formula is C24H30N2O7. The van der Waals surface area contributed by atoms with Gasteiger partial charge in [-0.05, 0) is 49.6 Å². The standard InChI is InChI=1S/C24H30N2O7/c1-13(2)26-17-6-4-5-15(11-14-7-9-16(31-3)10-8-14)19(17)23(25-26)33-24-22(30)21(29)20(28)18(12-27)32-24/h4-10,13,18,20-22,24,27-30H,11-12H2,1-3H3/t18-,20-,21+,22-,24+/m1/s1. The molecule has 0 amide bonds. The quantitative estimate of drug-likeness (QED) is 0.419. The van der Waals surface area contributed by atoms with Crippen LogP contribution in [0.25, 0.3) is 10.9 Å². The first-order valence-electron chi connectivity index (χ1n) is 10.9. The summed E-state index contributed by atoms with van der Waals surface area (Å²) >= 11 is 0. The number of rotatable bonds is 7. The van der Waals surface area contributed by atoms with Crippen LogP contribution >= 0.6 is 0 Å². The van der Waals surface area contributed by atoms with Crippen LogP contribution in [0.3, 0.4) is 0 Å². The highest BCUT2D eigenvalue weighted by molar-refractivity contribution is 5.88. The van der Waals surface area contributed by atoms with E-state index in [9.17, 15) is 20.4 Å². The van der Waals surface area contributed by atoms with Gasteiger partial charge in [0.2, 0.25) is 12.2 Å². The Hall–Kier alpha value is -2.69. The Morgan fingerprint density at radius 1 is 1.03 bits per heavy atom. The molecule has 0 unspecified atom stereocenters. The molecule has 1 aliphatic heterocycles. The molecule has 9 nitrogen and oxygen atoms in total. The third-order valence-corrected chi connectivity index (χ3v) is 5.91. The van der Waals surface area contributed by atoms with Gasteiger partial charge in [0, 0.05) is 6.04 Å². The highest BCUT2D eigenvalue weighted by Crippen LogP contribution is 2.34. The number of nitrogens with zero attached hydrogens (tertiary/aromatic N) is 2. The Bertz CT molecular complexity index is 1080. The molecule has 0 radical (unpaired) electrons. The predicted octanol–water partition coefficient (Wildman–Crippen LogP) is 1.40. The number of aromatic nitrogens is 2. The van der Waals surface area contributed by atoms with Gasteiger partial charge in [-0.3, -0.25) is 4.68 Å². The van der Waals surface area contributed by atoms with Gasteiger partial charge in [-0.25, -0.2) is 0 Å². The smallest absolute Gasteiger partial charge is 0.243 e. The number of aliphatic hydroxyl groups is 4. The largest absolute Gasteiger partial charge is 0.497 e. The number of aliphatic hydroxyl groups excluding tert-OH is 4. The fourth-order valence-electron chi connectivity index (χ4n) is 4.09. The molecule has 0 saturated carbocycles. The van der Waals surface area contributed by atoms with Crippen LogP contribution in [0.15, 0.2) is 42.5 Å². The summed E-state index contributed by atoms with van der Waals surface area (Å²) in [4.78, 5) is 0. The first kappa shape index (κ1) is 23.5. The zero-order chi connectivity index (χ0) is 23.7. The lowest BCUT2D eigenvalue weighted by Gasteiger charge is -2.39. The van der Waals surface area contributed by atoms with Gasteiger partial charge in [0.15, 0.2) is 0 Å². The zero-order valence-electron chi connectivity index (χ0n) is 18.8. The number of fused-ring (bicyclic) bond motifs is 1. The normalized spacial score (nSPS) is 25.5. The van der Waals surface area contributed by atoms with Crippen LogP contribution in [-0.2, 0) is 11.2 Å². The number of ether oxygens (including phenoxy) is 3. The van der Waals surface area contributed by atoms with Crippen LogP contribution in [0, 0.1) is 0 Å². The van der Waals surface area contributed by atoms with E-state index < -0.39 is 37.3 Å². The van der Waals surface area contributed by atoms with E-state index in [1.807, 2.05) is 61.0 Å². The monoisotopic (exact) mass is 458 g/mol. The summed E-state index contributed by atoms with van der Waals surface area (Å²) in [6.07, 6.45) is -6.27. The zero-order valence-corrected chi connectivity index (χ0v) is 18.8. The molecule has 1 saturated heterocycles. The summed E-state index contributed by atoms with van der Waals surface area (Å²) in [5, 5.41) is 45.5. The van der Waals surface area contributed by atoms with Gasteiger partial charge in [0.1, 0.15) is 30.2 Å². The Kier molecular flexibility index (Phi) is 6.87. The first-order valence-corrected chi connectivity index (χ1v) is 10.9. The first-order chi connectivity index (χ1) is 15.8. The second kappa shape index (κ2) is 9.66. The highest BCUT2D eigenvalue weighted by Gasteiger charge is 2.45. The van der Waals surface area contributed by atoms with Gasteiger partial charge in [0.05, 0.1) is 24.6 Å². The van der Waals surface area contributed by atoms with Crippen molar-refractivity contribution in [3.8, 4) is 11.6 Å². The molecule has 0 aliphatic carbocycles. The van der Waals surface area contributed by atoms with Crippen molar-refractivity contribution in [2.24, 2.45) is 0 Å². The lowest BCUT2D eigenvalue weighted by atomic mass is 9.99. The Morgan fingerprint density at radius 3 is 2.39 bits per heavy atom. The van der Waals surface area contributed by atoms with Crippen molar-refractivity contribution >= 4 is 10.9 Å². The fraction of sp³-hybridized carbons (Fsp3) is 0.458. The van der Waals surface area contributed by atoms with Crippen molar-refractivity contribution in [3.05, 3.63) is 53.6 Å². The molecule has 3 aromatic rings. The molecule has 33 heavy (non-hydrogen) atoms. The van der Waals surface area contributed by atoms with E-state index in [-0.39, 0.29) is 11.9 Å². The lowest BCUT2D eigenvalue weighted by molar-refractivity contribution is -0.278. The fourth-order valence-corrected chi connectivity index (χ4v) is 4.09. The molecule has 2 heterocycles. The molecule has 0 spiro atoms. The van der Waals surface area contributed by atoms with E-state index in [0.29, 0.717) is 6.42 Å². The maximum Gasteiger partial charge on any atom is 0.243 e. The van der Waals surface area contributed by atoms with Gasteiger partial charge >= 0.3 is 0 Å². The van der Waals surface area contributed by atoms with Crippen LogP contribution in [0.4, 0.5) is 0 Å². The lowest BCUT2D eigenvalue weighted by Crippen LogP contribution is -2.60. The third kappa shape index (κ3) is 4.55. The van der Waals surface area contributed by atoms with Crippen LogP contribution in [0.2, 0.25) is 0 Å². The Morgan fingerprint density at radius 2 is 1.76 bits per heavy atom. The van der Waals surface area contributed by atoms with Crippen LogP contribution in [0.1, 0.15) is 31.0 Å². The number of hydrogen-bond donors (Lipinski definition) is 4. The summed E-state index contributed by atoms with van der Waals surface area (Å²) in [6.45, 7) is 3.47. The molecule has 1 aliphatic rings. The van der Waals surface area contributed by atoms with Crippen LogP contribution < -0.4 is 9.47 Å². The van der Waals surface area contributed by atoms with Gasteiger partial charge in [-0.15, -0.1) is 5.10 Å². The highest BCUT2D eigenvalue weighted by atomic mass is 16.7. The molecular weight excluding hydrogens is 428 g/mol. The van der Waals surface area contributed by atoms with E-state index >= 15 is 0 Å². The van der Waals surface area contributed by atoms with Gasteiger partial charge < -0.3 is 34.6 Å². The van der Waals surface area contributed by atoms with E-state index in [2.05, 4.69) is 5.10 Å². The summed E-state index contributed by atoms with van der Waals surface area (Å²) in [7, 11) is 1.62. The van der Waals surface area contributed by atoms with Crippen LogP contribution in [-0.4, -0.2) is 74.6 Å². The maximum absolute atomic E-state index is 10.4. The molecule has 0 bridgehead atoms. The average molecular weight is 459 g/mol. The van der Waals surface area contributed by atoms with Crippen molar-refractivity contribution in [1.29, 1.82) is 0 Å². The van der Waals surface area contributed by atoms with Gasteiger partial charge in [0.25, 0.3) is 0 Å². The second-order valence-corrected chi connectivity index (χ2v) is 8.49. The average Bonchev–Trinajstić information content (AvgIpc) is 3.19. The molecule has 2 aromatic carbocycles. The number of methoxy groups -OCH3 is 1. The predicted molar refractivity (Wildman–Crippen MR) is 120 cm³/mol. The minimum absolute atomic E-state index is 0.0379. The van der Waals surface area contributed by atoms with Crippen molar-refractivity contribution in [2.45, 2.75) is 57.0 Å². The molecule has 178 valence electrons. The second-order valence-electron chi connectivity index (χ2n) is 8.49. The number of benzene rings is 2.